The predicted octanol–water partition coefficient (Wildman–Crippen LogP) is 15.8. The highest BCUT2D eigenvalue weighted by molar-refractivity contribution is 6.29. The number of carbonyl (C=O) groups excluding carboxylic acids is 3. The van der Waals surface area contributed by atoms with Crippen molar-refractivity contribution in [3.05, 3.63) is 177 Å². The Kier molecular flexibility index (Phi) is 21.7. The van der Waals surface area contributed by atoms with Crippen molar-refractivity contribution in [1.82, 2.24) is 19.8 Å². The van der Waals surface area contributed by atoms with Gasteiger partial charge in [0.05, 0.1) is 31.5 Å². The molecule has 2 amide bonds. The summed E-state index contributed by atoms with van der Waals surface area (Å²) in [6, 6.07) is 34.0. The summed E-state index contributed by atoms with van der Waals surface area (Å²) < 4.78 is 30.1. The van der Waals surface area contributed by atoms with Gasteiger partial charge in [-0.15, -0.1) is 0 Å². The number of nitrogens with zero attached hydrogens (tertiary/aromatic N) is 4. The lowest BCUT2D eigenvalue weighted by Gasteiger charge is -2.31. The summed E-state index contributed by atoms with van der Waals surface area (Å²) in [5.74, 6) is 2.63. The molecular formula is C68H76Cl2N6O10. The highest BCUT2D eigenvalue weighted by Gasteiger charge is 2.32. The highest BCUT2D eigenvalue weighted by atomic mass is 35.5. The first kappa shape index (κ1) is 62.5. The fourth-order valence-corrected chi connectivity index (χ4v) is 11.7. The molecule has 2 saturated carbocycles. The molecule has 4 aromatic heterocycles. The number of esters is 1. The third-order valence-corrected chi connectivity index (χ3v) is 16.8. The average molecular weight is 1210 g/mol. The number of hydrogen-bond acceptors (Lipinski definition) is 13. The Morgan fingerprint density at radius 2 is 1.01 bits per heavy atom. The number of hydrogen-bond donors (Lipinski definition) is 3. The van der Waals surface area contributed by atoms with E-state index in [1.807, 2.05) is 84.9 Å². The molecule has 10 rings (SSSR count). The van der Waals surface area contributed by atoms with Crippen molar-refractivity contribution < 1.29 is 47.3 Å². The highest BCUT2D eigenvalue weighted by Crippen LogP contribution is 2.44. The molecule has 3 N–H and O–H groups in total. The van der Waals surface area contributed by atoms with Gasteiger partial charge in [0, 0.05) is 95.1 Å². The van der Waals surface area contributed by atoms with Gasteiger partial charge in [-0.2, -0.15) is 0 Å². The maximum Gasteiger partial charge on any atom is 0.307 e. The Morgan fingerprint density at radius 3 is 1.40 bits per heavy atom. The Bertz CT molecular complexity index is 3560. The fraction of sp³-hybridized carbons (Fsp3) is 0.382. The molecule has 0 aliphatic heterocycles. The zero-order chi connectivity index (χ0) is 60.7. The zero-order valence-corrected chi connectivity index (χ0v) is 51.1. The number of furan rings is 2. The Morgan fingerprint density at radius 1 is 0.593 bits per heavy atom. The zero-order valence-electron chi connectivity index (χ0n) is 49.5. The van der Waals surface area contributed by atoms with Crippen LogP contribution >= 0.6 is 23.2 Å². The molecule has 16 nitrogen and oxygen atoms in total. The number of carboxylic acid groups (broad SMARTS) is 1. The molecule has 4 aromatic carbocycles. The first-order chi connectivity index (χ1) is 41.6. The normalized spacial score (nSPS) is 14.4. The molecule has 2 atom stereocenters. The number of pyridine rings is 2. The van der Waals surface area contributed by atoms with E-state index in [4.69, 9.17) is 51.4 Å². The summed E-state index contributed by atoms with van der Waals surface area (Å²) in [7, 11) is 3.31. The molecule has 2 unspecified atom stereocenters. The van der Waals surface area contributed by atoms with Crippen molar-refractivity contribution in [3.8, 4) is 11.5 Å². The second-order valence-corrected chi connectivity index (χ2v) is 23.2. The van der Waals surface area contributed by atoms with Crippen LogP contribution in [0, 0.1) is 25.7 Å². The van der Waals surface area contributed by atoms with Crippen LogP contribution in [0.15, 0.2) is 130 Å². The summed E-state index contributed by atoms with van der Waals surface area (Å²) in [5, 5.41) is 19.4. The van der Waals surface area contributed by atoms with Gasteiger partial charge >= 0.3 is 11.9 Å². The number of anilines is 2. The quantitative estimate of drug-likeness (QED) is 0.0404. The van der Waals surface area contributed by atoms with E-state index in [1.165, 1.54) is 43.4 Å². The van der Waals surface area contributed by atoms with E-state index in [1.54, 1.807) is 62.6 Å². The number of aromatic nitrogens is 2. The minimum absolute atomic E-state index is 0.0130. The molecule has 8 aromatic rings. The van der Waals surface area contributed by atoms with E-state index in [0.717, 1.165) is 104 Å². The molecule has 86 heavy (non-hydrogen) atoms. The topological polar surface area (TPSA) is 199 Å². The first-order valence-electron chi connectivity index (χ1n) is 29.7. The Labute approximate surface area is 512 Å². The van der Waals surface area contributed by atoms with Crippen LogP contribution in [0.3, 0.4) is 0 Å². The van der Waals surface area contributed by atoms with Crippen molar-refractivity contribution in [3.63, 3.8) is 0 Å². The number of carbonyl (C=O) groups is 4. The lowest BCUT2D eigenvalue weighted by molar-refractivity contribution is -0.143. The largest absolute Gasteiger partial charge is 0.489 e. The number of ether oxygens (including phenoxy) is 3. The van der Waals surface area contributed by atoms with Gasteiger partial charge in [0.25, 0.3) is 11.8 Å². The van der Waals surface area contributed by atoms with Crippen LogP contribution in [0.2, 0.25) is 10.3 Å². The second kappa shape index (κ2) is 29.8. The minimum Gasteiger partial charge on any atom is -0.489 e. The summed E-state index contributed by atoms with van der Waals surface area (Å²) in [6.07, 6.45) is 15.3. The third kappa shape index (κ3) is 16.5. The van der Waals surface area contributed by atoms with Crippen LogP contribution < -0.4 is 20.1 Å². The molecule has 0 radical (unpaired) electrons. The lowest BCUT2D eigenvalue weighted by Crippen LogP contribution is -2.29. The number of rotatable bonds is 23. The fourth-order valence-electron chi connectivity index (χ4n) is 11.4. The maximum absolute atomic E-state index is 12.9. The molecular weight excluding hydrogens is 1130 g/mol. The van der Waals surface area contributed by atoms with Crippen LogP contribution in [0.25, 0.3) is 21.9 Å². The Balaban J connectivity index is 0.000000206. The number of aryl methyl sites for hydroxylation is 2. The summed E-state index contributed by atoms with van der Waals surface area (Å²) in [4.78, 5) is 59.5. The molecule has 18 heteroatoms. The monoisotopic (exact) mass is 1210 g/mol. The van der Waals surface area contributed by atoms with Crippen LogP contribution in [0.5, 0.6) is 11.5 Å². The van der Waals surface area contributed by atoms with Gasteiger partial charge in [-0.05, 0) is 155 Å². The minimum atomic E-state index is -0.928. The van der Waals surface area contributed by atoms with Gasteiger partial charge in [0.2, 0.25) is 0 Å². The number of carboxylic acids is 1. The van der Waals surface area contributed by atoms with E-state index in [-0.39, 0.29) is 49.3 Å². The number of fused-ring (bicyclic) bond motifs is 2. The standard InChI is InChI=1S/C35H40ClN3O5.C33H36ClN3O5/c1-4-42-32(40)18-19-39(3)35(41)26-11-13-27(14-12-26)38-33(25-8-6-5-7-9-25)34-23(2)29-20-28(15-16-30(29)44-34)43-22-24-10-17-31(36)37-21-24;1-21-27-18-26(41-20-22-8-15-29(34)35-19-22)13-14-28(27)42-32(21)31(23-6-4-3-5-7-23)36-25-11-9-24(10-12-25)33(40)37(2)17-16-30(38)39/h10-17,20-21,25,33,38H,4-9,18-19,22H2,1-3H3;8-15,18-19,23,31,36H,3-7,16-17,20H2,1-2H3,(H,38,39). The van der Waals surface area contributed by atoms with Crippen LogP contribution in [0.4, 0.5) is 11.4 Å². The van der Waals surface area contributed by atoms with Crippen molar-refractivity contribution in [2.24, 2.45) is 11.8 Å². The number of nitrogens with one attached hydrogen (secondary N) is 2. The van der Waals surface area contributed by atoms with E-state index < -0.39 is 5.97 Å². The van der Waals surface area contributed by atoms with E-state index in [2.05, 4.69) is 34.4 Å². The molecule has 452 valence electrons. The molecule has 0 bridgehead atoms. The maximum atomic E-state index is 12.9. The molecule has 2 aliphatic carbocycles. The van der Waals surface area contributed by atoms with E-state index in [9.17, 15) is 19.2 Å². The number of aliphatic carboxylic acids is 1. The van der Waals surface area contributed by atoms with Gasteiger partial charge < -0.3 is 48.6 Å². The van der Waals surface area contributed by atoms with Gasteiger partial charge in [-0.25, -0.2) is 9.97 Å². The van der Waals surface area contributed by atoms with Crippen molar-refractivity contribution >= 4 is 80.3 Å². The van der Waals surface area contributed by atoms with Crippen molar-refractivity contribution in [2.75, 3.05) is 44.4 Å². The summed E-state index contributed by atoms with van der Waals surface area (Å²) in [5.41, 5.74) is 8.60. The molecule has 0 saturated heterocycles. The lowest BCUT2D eigenvalue weighted by atomic mass is 9.82. The van der Waals surface area contributed by atoms with E-state index in [0.29, 0.717) is 59.6 Å². The summed E-state index contributed by atoms with van der Waals surface area (Å²) in [6.45, 7) is 7.56. The second-order valence-electron chi connectivity index (χ2n) is 22.4. The van der Waals surface area contributed by atoms with Crippen LogP contribution in [0.1, 0.15) is 151 Å². The van der Waals surface area contributed by atoms with Gasteiger partial charge in [0.1, 0.15) is 57.7 Å². The van der Waals surface area contributed by atoms with Crippen molar-refractivity contribution in [2.45, 2.75) is 123 Å². The molecule has 2 aliphatic rings. The third-order valence-electron chi connectivity index (χ3n) is 16.3. The predicted molar refractivity (Wildman–Crippen MR) is 335 cm³/mol. The number of amides is 2. The molecule has 2 fully saturated rings. The SMILES string of the molecule is CCOC(=O)CCN(C)C(=O)c1ccc(NC(c2oc3ccc(OCc4ccc(Cl)nc4)cc3c2C)C2CCCCC2)cc1.Cc1c(C(Nc2ccc(C(=O)N(C)CCC(=O)O)cc2)C2CCCCC2)oc2ccc(OCc3ccc(Cl)nc3)cc12. The smallest absolute Gasteiger partial charge is 0.307 e. The summed E-state index contributed by atoms with van der Waals surface area (Å²) >= 11 is 11.8. The number of halogens is 2. The van der Waals surface area contributed by atoms with Gasteiger partial charge in [-0.1, -0.05) is 73.9 Å². The van der Waals surface area contributed by atoms with Gasteiger partial charge in [0.15, 0.2) is 0 Å². The van der Waals surface area contributed by atoms with Crippen LogP contribution in [-0.4, -0.2) is 82.4 Å². The first-order valence-corrected chi connectivity index (χ1v) is 30.5. The van der Waals surface area contributed by atoms with Gasteiger partial charge in [-0.3, -0.25) is 19.2 Å². The molecule has 0 spiro atoms. The van der Waals surface area contributed by atoms with Crippen molar-refractivity contribution in [1.29, 1.82) is 0 Å². The molecule has 4 heterocycles. The number of benzene rings is 4. The van der Waals surface area contributed by atoms with Crippen LogP contribution in [-0.2, 0) is 27.5 Å². The Hall–Kier alpha value is -8.08. The average Bonchev–Trinajstić information content (AvgIpc) is 3.70. The van der Waals surface area contributed by atoms with E-state index >= 15 is 0 Å².